The molecule has 28 heavy (non-hydrogen) atoms. The van der Waals surface area contributed by atoms with Crippen molar-refractivity contribution in [1.82, 2.24) is 9.88 Å². The lowest BCUT2D eigenvalue weighted by molar-refractivity contribution is -0.131. The number of carbonyl (C=O) groups excluding carboxylic acids is 1. The first-order valence-electron chi connectivity index (χ1n) is 10.1. The summed E-state index contributed by atoms with van der Waals surface area (Å²) in [7, 11) is 1.69. The van der Waals surface area contributed by atoms with Crippen molar-refractivity contribution in [3.8, 4) is 17.0 Å². The minimum absolute atomic E-state index is 0.182. The highest BCUT2D eigenvalue weighted by Crippen LogP contribution is 2.33. The van der Waals surface area contributed by atoms with Crippen LogP contribution in [0, 0.1) is 5.92 Å². The van der Waals surface area contributed by atoms with Crippen molar-refractivity contribution in [3.05, 3.63) is 29.6 Å². The Morgan fingerprint density at radius 3 is 2.64 bits per heavy atom. The second-order valence-electron chi connectivity index (χ2n) is 7.87. The molecule has 1 amide bonds. The van der Waals surface area contributed by atoms with Gasteiger partial charge in [0, 0.05) is 36.5 Å². The SMILES string of the molecule is COc1ccccc1-c1csc(NC2CCC(CN(C(C)=O)C(C)C)CC2)n1. The standard InChI is InChI=1S/C22H31N3O2S/c1-15(2)25(16(3)26)13-17-9-11-18(12-10-17)23-22-24-20(14-28-22)19-7-5-6-8-21(19)27-4/h5-8,14-15,17-18H,9-13H2,1-4H3,(H,23,24). The van der Waals surface area contributed by atoms with E-state index in [0.29, 0.717) is 12.0 Å². The fourth-order valence-electron chi connectivity index (χ4n) is 3.97. The van der Waals surface area contributed by atoms with Crippen molar-refractivity contribution in [3.63, 3.8) is 0 Å². The van der Waals surface area contributed by atoms with E-state index < -0.39 is 0 Å². The molecule has 6 heteroatoms. The minimum Gasteiger partial charge on any atom is -0.496 e. The molecule has 3 rings (SSSR count). The van der Waals surface area contributed by atoms with Gasteiger partial charge in [-0.05, 0) is 57.6 Å². The monoisotopic (exact) mass is 401 g/mol. The van der Waals surface area contributed by atoms with Crippen LogP contribution in [-0.2, 0) is 4.79 Å². The van der Waals surface area contributed by atoms with Gasteiger partial charge in [-0.15, -0.1) is 11.3 Å². The van der Waals surface area contributed by atoms with Crippen LogP contribution in [0.25, 0.3) is 11.3 Å². The number of methoxy groups -OCH3 is 1. The van der Waals surface area contributed by atoms with Crippen molar-refractivity contribution in [2.24, 2.45) is 5.92 Å². The fourth-order valence-corrected chi connectivity index (χ4v) is 4.75. The van der Waals surface area contributed by atoms with Crippen LogP contribution in [0.15, 0.2) is 29.6 Å². The van der Waals surface area contributed by atoms with Crippen molar-refractivity contribution < 1.29 is 9.53 Å². The maximum atomic E-state index is 11.8. The zero-order valence-electron chi connectivity index (χ0n) is 17.3. The van der Waals surface area contributed by atoms with Gasteiger partial charge in [0.15, 0.2) is 5.13 Å². The molecule has 1 aliphatic carbocycles. The number of aromatic nitrogens is 1. The van der Waals surface area contributed by atoms with E-state index in [1.165, 1.54) is 0 Å². The summed E-state index contributed by atoms with van der Waals surface area (Å²) in [6.45, 7) is 6.75. The molecule has 1 N–H and O–H groups in total. The Morgan fingerprint density at radius 1 is 1.29 bits per heavy atom. The first-order chi connectivity index (χ1) is 13.5. The van der Waals surface area contributed by atoms with Crippen molar-refractivity contribution in [1.29, 1.82) is 0 Å². The predicted octanol–water partition coefficient (Wildman–Crippen LogP) is 5.05. The molecule has 1 saturated carbocycles. The molecule has 0 spiro atoms. The second kappa shape index (κ2) is 9.41. The average Bonchev–Trinajstić information content (AvgIpc) is 3.15. The van der Waals surface area contributed by atoms with Gasteiger partial charge in [-0.25, -0.2) is 4.98 Å². The summed E-state index contributed by atoms with van der Waals surface area (Å²) < 4.78 is 5.45. The first-order valence-corrected chi connectivity index (χ1v) is 11.0. The molecule has 1 heterocycles. The summed E-state index contributed by atoms with van der Waals surface area (Å²) >= 11 is 1.65. The number of amides is 1. The Kier molecular flexibility index (Phi) is 6.94. The smallest absolute Gasteiger partial charge is 0.219 e. The predicted molar refractivity (Wildman–Crippen MR) is 116 cm³/mol. The third kappa shape index (κ3) is 5.04. The number of nitrogens with one attached hydrogen (secondary N) is 1. The molecule has 1 aromatic carbocycles. The van der Waals surface area contributed by atoms with Crippen molar-refractivity contribution in [2.75, 3.05) is 19.0 Å². The number of anilines is 1. The Bertz CT molecular complexity index is 782. The minimum atomic E-state index is 0.182. The lowest BCUT2D eigenvalue weighted by Gasteiger charge is -2.34. The second-order valence-corrected chi connectivity index (χ2v) is 8.72. The van der Waals surface area contributed by atoms with Crippen LogP contribution in [0.2, 0.25) is 0 Å². The number of rotatable bonds is 7. The van der Waals surface area contributed by atoms with Gasteiger partial charge in [0.1, 0.15) is 5.75 Å². The number of para-hydroxylation sites is 1. The summed E-state index contributed by atoms with van der Waals surface area (Å²) in [5, 5.41) is 6.67. The number of hydrogen-bond donors (Lipinski definition) is 1. The van der Waals surface area contributed by atoms with Crippen molar-refractivity contribution in [2.45, 2.75) is 58.5 Å². The highest BCUT2D eigenvalue weighted by atomic mass is 32.1. The van der Waals surface area contributed by atoms with Crippen LogP contribution < -0.4 is 10.1 Å². The van der Waals surface area contributed by atoms with Crippen LogP contribution in [0.5, 0.6) is 5.75 Å². The van der Waals surface area contributed by atoms with Gasteiger partial charge in [-0.3, -0.25) is 4.79 Å². The molecule has 152 valence electrons. The molecule has 0 bridgehead atoms. The third-order valence-corrected chi connectivity index (χ3v) is 6.32. The molecule has 2 aromatic rings. The van der Waals surface area contributed by atoms with Gasteiger partial charge in [0.2, 0.25) is 5.91 Å². The largest absolute Gasteiger partial charge is 0.496 e. The summed E-state index contributed by atoms with van der Waals surface area (Å²) in [6, 6.07) is 8.71. The zero-order valence-corrected chi connectivity index (χ0v) is 18.1. The molecule has 0 aliphatic heterocycles. The quantitative estimate of drug-likeness (QED) is 0.706. The highest BCUT2D eigenvalue weighted by molar-refractivity contribution is 7.14. The van der Waals surface area contributed by atoms with E-state index in [-0.39, 0.29) is 11.9 Å². The lowest BCUT2D eigenvalue weighted by Crippen LogP contribution is -2.40. The van der Waals surface area contributed by atoms with Gasteiger partial charge in [0.05, 0.1) is 12.8 Å². The van der Waals surface area contributed by atoms with E-state index >= 15 is 0 Å². The van der Waals surface area contributed by atoms with Crippen LogP contribution in [0.1, 0.15) is 46.5 Å². The van der Waals surface area contributed by atoms with Gasteiger partial charge < -0.3 is 15.0 Å². The van der Waals surface area contributed by atoms with E-state index in [1.807, 2.05) is 29.2 Å². The summed E-state index contributed by atoms with van der Waals surface area (Å²) in [5.41, 5.74) is 1.98. The molecule has 0 saturated heterocycles. The number of ether oxygens (including phenoxy) is 1. The maximum absolute atomic E-state index is 11.8. The van der Waals surface area contributed by atoms with Crippen LogP contribution in [0.3, 0.4) is 0 Å². The number of benzene rings is 1. The summed E-state index contributed by atoms with van der Waals surface area (Å²) in [4.78, 5) is 18.6. The Labute approximate surface area is 172 Å². The maximum Gasteiger partial charge on any atom is 0.219 e. The topological polar surface area (TPSA) is 54.5 Å². The molecule has 1 aliphatic rings. The first kappa shape index (κ1) is 20.6. The van der Waals surface area contributed by atoms with Crippen LogP contribution in [-0.4, -0.2) is 41.5 Å². The molecule has 0 radical (unpaired) electrons. The zero-order chi connectivity index (χ0) is 20.1. The van der Waals surface area contributed by atoms with E-state index in [0.717, 1.165) is 54.4 Å². The van der Waals surface area contributed by atoms with Crippen molar-refractivity contribution >= 4 is 22.4 Å². The van der Waals surface area contributed by atoms with Gasteiger partial charge in [-0.1, -0.05) is 12.1 Å². The Balaban J connectivity index is 1.54. The number of hydrogen-bond acceptors (Lipinski definition) is 5. The molecule has 1 aromatic heterocycles. The van der Waals surface area contributed by atoms with Gasteiger partial charge >= 0.3 is 0 Å². The number of nitrogens with zero attached hydrogens (tertiary/aromatic N) is 2. The third-order valence-electron chi connectivity index (χ3n) is 5.54. The number of thiazole rings is 1. The molecule has 0 unspecified atom stereocenters. The molecule has 0 atom stereocenters. The van der Waals surface area contributed by atoms with Gasteiger partial charge in [-0.2, -0.15) is 0 Å². The number of carbonyl (C=O) groups is 1. The summed E-state index contributed by atoms with van der Waals surface area (Å²) in [5.74, 6) is 1.63. The Hall–Kier alpha value is -2.08. The van der Waals surface area contributed by atoms with Crippen LogP contribution in [0.4, 0.5) is 5.13 Å². The van der Waals surface area contributed by atoms with E-state index in [2.05, 4.69) is 24.5 Å². The molecule has 1 fully saturated rings. The molecular formula is C22H31N3O2S. The normalized spacial score (nSPS) is 19.5. The van der Waals surface area contributed by atoms with E-state index in [1.54, 1.807) is 25.4 Å². The molecular weight excluding hydrogens is 370 g/mol. The lowest BCUT2D eigenvalue weighted by atomic mass is 9.85. The average molecular weight is 402 g/mol. The highest BCUT2D eigenvalue weighted by Gasteiger charge is 2.25. The molecule has 5 nitrogen and oxygen atoms in total. The van der Waals surface area contributed by atoms with E-state index in [9.17, 15) is 4.79 Å². The van der Waals surface area contributed by atoms with E-state index in [4.69, 9.17) is 9.72 Å². The van der Waals surface area contributed by atoms with Gasteiger partial charge in [0.25, 0.3) is 0 Å². The Morgan fingerprint density at radius 2 is 2.00 bits per heavy atom. The fraction of sp³-hybridized carbons (Fsp3) is 0.545. The summed E-state index contributed by atoms with van der Waals surface area (Å²) in [6.07, 6.45) is 4.55. The van der Waals surface area contributed by atoms with Crippen LogP contribution >= 0.6 is 11.3 Å².